The van der Waals surface area contributed by atoms with E-state index in [9.17, 15) is 14.0 Å². The summed E-state index contributed by atoms with van der Waals surface area (Å²) in [6.07, 6.45) is 1.72. The van der Waals surface area contributed by atoms with Gasteiger partial charge in [-0.15, -0.1) is 0 Å². The van der Waals surface area contributed by atoms with Gasteiger partial charge in [0.2, 0.25) is 0 Å². The van der Waals surface area contributed by atoms with E-state index in [1.54, 1.807) is 48.5 Å². The predicted octanol–water partition coefficient (Wildman–Crippen LogP) is 6.56. The molecule has 1 N–H and O–H groups in total. The Hall–Kier alpha value is -2.91. The first-order valence-corrected chi connectivity index (χ1v) is 11.8. The molecule has 0 saturated carbocycles. The van der Waals surface area contributed by atoms with E-state index in [0.29, 0.717) is 36.4 Å². The molecular weight excluding hydrogens is 518 g/mol. The van der Waals surface area contributed by atoms with E-state index in [-0.39, 0.29) is 24.2 Å². The Kier molecular flexibility index (Phi) is 7.53. The van der Waals surface area contributed by atoms with Crippen LogP contribution in [0.4, 0.5) is 15.8 Å². The molecule has 1 fully saturated rings. The summed E-state index contributed by atoms with van der Waals surface area (Å²) >= 11 is 18.6. The van der Waals surface area contributed by atoms with Crippen LogP contribution in [-0.4, -0.2) is 22.7 Å². The molecule has 1 aliphatic rings. The van der Waals surface area contributed by atoms with E-state index in [2.05, 4.69) is 5.32 Å². The van der Waals surface area contributed by atoms with E-state index >= 15 is 0 Å². The van der Waals surface area contributed by atoms with Crippen LogP contribution in [0.2, 0.25) is 10.0 Å². The molecule has 0 radical (unpaired) electrons. The third kappa shape index (κ3) is 5.77. The molecule has 1 aliphatic heterocycles. The Morgan fingerprint density at radius 2 is 1.76 bits per heavy atom. The third-order valence-electron chi connectivity index (χ3n) is 4.63. The van der Waals surface area contributed by atoms with Crippen LogP contribution in [0.5, 0.6) is 5.75 Å². The molecule has 34 heavy (non-hydrogen) atoms. The van der Waals surface area contributed by atoms with Crippen LogP contribution in [0.1, 0.15) is 5.56 Å². The lowest BCUT2D eigenvalue weighted by Gasteiger charge is -2.15. The summed E-state index contributed by atoms with van der Waals surface area (Å²) in [5, 5.41) is 3.34. The van der Waals surface area contributed by atoms with Crippen LogP contribution in [0.15, 0.2) is 71.6 Å². The van der Waals surface area contributed by atoms with Crippen LogP contribution in [0.3, 0.4) is 0 Å². The first-order valence-electron chi connectivity index (χ1n) is 9.81. The molecule has 0 bridgehead atoms. The number of nitrogens with one attached hydrogen (secondary N) is 1. The fourth-order valence-electron chi connectivity index (χ4n) is 3.01. The molecule has 172 valence electrons. The Labute approximate surface area is 214 Å². The molecule has 0 aromatic heterocycles. The lowest BCUT2D eigenvalue weighted by Crippen LogP contribution is -2.27. The summed E-state index contributed by atoms with van der Waals surface area (Å²) in [6.45, 7) is -0.209. The first kappa shape index (κ1) is 24.2. The number of carbonyl (C=O) groups is 2. The van der Waals surface area contributed by atoms with Gasteiger partial charge in [0, 0.05) is 5.69 Å². The van der Waals surface area contributed by atoms with Crippen molar-refractivity contribution in [1.82, 2.24) is 0 Å². The van der Waals surface area contributed by atoms with E-state index in [0.717, 1.165) is 5.56 Å². The zero-order chi connectivity index (χ0) is 24.2. The summed E-state index contributed by atoms with van der Waals surface area (Å²) in [4.78, 5) is 26.8. The number of hydrogen-bond acceptors (Lipinski definition) is 5. The highest BCUT2D eigenvalue weighted by Crippen LogP contribution is 2.38. The van der Waals surface area contributed by atoms with Crippen molar-refractivity contribution < 1.29 is 18.7 Å². The second-order valence-electron chi connectivity index (χ2n) is 7.03. The fourth-order valence-corrected chi connectivity index (χ4v) is 4.60. The van der Waals surface area contributed by atoms with Gasteiger partial charge in [0.15, 0.2) is 10.9 Å². The Morgan fingerprint density at radius 3 is 2.44 bits per heavy atom. The number of benzene rings is 3. The van der Waals surface area contributed by atoms with Gasteiger partial charge in [-0.2, -0.15) is 0 Å². The molecule has 10 heteroatoms. The Balaban J connectivity index is 1.38. The van der Waals surface area contributed by atoms with E-state index in [1.165, 1.54) is 40.9 Å². The normalized spacial score (nSPS) is 14.6. The molecule has 3 aromatic rings. The van der Waals surface area contributed by atoms with Gasteiger partial charge < -0.3 is 10.1 Å². The van der Waals surface area contributed by atoms with Gasteiger partial charge in [-0.05, 0) is 66.2 Å². The largest absolute Gasteiger partial charge is 0.484 e. The summed E-state index contributed by atoms with van der Waals surface area (Å²) < 4.78 is 18.8. The van der Waals surface area contributed by atoms with Crippen LogP contribution in [0, 0.1) is 5.82 Å². The Morgan fingerprint density at radius 1 is 1.06 bits per heavy atom. The topological polar surface area (TPSA) is 58.6 Å². The number of hydrogen-bond donors (Lipinski definition) is 1. The third-order valence-corrected chi connectivity index (χ3v) is 6.67. The maximum atomic E-state index is 12.9. The maximum Gasteiger partial charge on any atom is 0.270 e. The van der Waals surface area contributed by atoms with Crippen LogP contribution >= 0.6 is 47.2 Å². The standard InChI is InChI=1S/C24H15Cl2FN2O3S2/c25-19-10-7-17(12-20(19)26)29-23(31)21(34-24(29)33)11-14-1-8-18(9-2-14)32-13-22(30)28-16-5-3-15(27)4-6-16/h1-12H,13H2,(H,28,30)/b21-11-. The van der Waals surface area contributed by atoms with Crippen molar-refractivity contribution in [2.75, 3.05) is 16.8 Å². The molecule has 0 aliphatic carbocycles. The van der Waals surface area contributed by atoms with Crippen molar-refractivity contribution in [2.45, 2.75) is 0 Å². The molecule has 0 unspecified atom stereocenters. The molecular formula is C24H15Cl2FN2O3S2. The first-order chi connectivity index (χ1) is 16.3. The number of thioether (sulfide) groups is 1. The smallest absolute Gasteiger partial charge is 0.270 e. The molecule has 1 heterocycles. The summed E-state index contributed by atoms with van der Waals surface area (Å²) in [5.41, 5.74) is 1.78. The fraction of sp³-hybridized carbons (Fsp3) is 0.0417. The molecule has 5 nitrogen and oxygen atoms in total. The van der Waals surface area contributed by atoms with Gasteiger partial charge in [0.05, 0.1) is 20.6 Å². The predicted molar refractivity (Wildman–Crippen MR) is 139 cm³/mol. The minimum absolute atomic E-state index is 0.209. The number of anilines is 2. The average molecular weight is 533 g/mol. The van der Waals surface area contributed by atoms with Gasteiger partial charge in [-0.1, -0.05) is 59.3 Å². The lowest BCUT2D eigenvalue weighted by molar-refractivity contribution is -0.118. The monoisotopic (exact) mass is 532 g/mol. The summed E-state index contributed by atoms with van der Waals surface area (Å²) in [7, 11) is 0. The van der Waals surface area contributed by atoms with Crippen molar-refractivity contribution in [3.63, 3.8) is 0 Å². The summed E-state index contributed by atoms with van der Waals surface area (Å²) in [5.74, 6) is -0.534. The number of carbonyl (C=O) groups excluding carboxylic acids is 2. The van der Waals surface area contributed by atoms with Crippen LogP contribution in [0.25, 0.3) is 6.08 Å². The highest BCUT2D eigenvalue weighted by atomic mass is 35.5. The maximum absolute atomic E-state index is 12.9. The zero-order valence-corrected chi connectivity index (χ0v) is 20.4. The molecule has 1 saturated heterocycles. The van der Waals surface area contributed by atoms with Crippen molar-refractivity contribution in [3.05, 3.63) is 93.1 Å². The van der Waals surface area contributed by atoms with E-state index in [1.807, 2.05) is 0 Å². The molecule has 0 spiro atoms. The number of ether oxygens (including phenoxy) is 1. The van der Waals surface area contributed by atoms with Gasteiger partial charge in [0.1, 0.15) is 11.6 Å². The van der Waals surface area contributed by atoms with Gasteiger partial charge in [0.25, 0.3) is 11.8 Å². The minimum Gasteiger partial charge on any atom is -0.484 e. The van der Waals surface area contributed by atoms with Gasteiger partial charge in [-0.3, -0.25) is 14.5 Å². The van der Waals surface area contributed by atoms with Crippen molar-refractivity contribution >= 4 is 80.8 Å². The quantitative estimate of drug-likeness (QED) is 0.288. The minimum atomic E-state index is -0.383. The van der Waals surface area contributed by atoms with Gasteiger partial charge in [-0.25, -0.2) is 4.39 Å². The number of thiocarbonyl (C=S) groups is 1. The highest BCUT2D eigenvalue weighted by molar-refractivity contribution is 8.27. The highest BCUT2D eigenvalue weighted by Gasteiger charge is 2.33. The SMILES string of the molecule is O=C(COc1ccc(/C=C2\SC(=S)N(c3ccc(Cl)c(Cl)c3)C2=O)cc1)Nc1ccc(F)cc1. The average Bonchev–Trinajstić information content (AvgIpc) is 3.09. The Bertz CT molecular complexity index is 1300. The number of rotatable bonds is 6. The molecule has 3 aromatic carbocycles. The van der Waals surface area contributed by atoms with E-state index < -0.39 is 0 Å². The van der Waals surface area contributed by atoms with Gasteiger partial charge >= 0.3 is 0 Å². The molecule has 2 amide bonds. The van der Waals surface area contributed by atoms with Crippen molar-refractivity contribution in [1.29, 1.82) is 0 Å². The lowest BCUT2D eigenvalue weighted by atomic mass is 10.2. The van der Waals surface area contributed by atoms with Crippen LogP contribution in [-0.2, 0) is 9.59 Å². The number of halogens is 3. The van der Waals surface area contributed by atoms with Crippen LogP contribution < -0.4 is 15.0 Å². The zero-order valence-electron chi connectivity index (χ0n) is 17.3. The number of nitrogens with zero attached hydrogens (tertiary/aromatic N) is 1. The molecule has 4 rings (SSSR count). The van der Waals surface area contributed by atoms with Crippen molar-refractivity contribution in [3.8, 4) is 5.75 Å². The second kappa shape index (κ2) is 10.6. The summed E-state index contributed by atoms with van der Waals surface area (Å²) in [6, 6.07) is 17.2. The second-order valence-corrected chi connectivity index (χ2v) is 9.52. The number of amides is 2. The van der Waals surface area contributed by atoms with E-state index in [4.69, 9.17) is 40.2 Å². The van der Waals surface area contributed by atoms with Crippen molar-refractivity contribution in [2.24, 2.45) is 0 Å². The molecule has 0 atom stereocenters.